The van der Waals surface area contributed by atoms with Crippen LogP contribution >= 0.6 is 0 Å². The second kappa shape index (κ2) is 17.1. The standard InChI is InChI=1S/C12H17N.2C10H14O.C10H12.Mo/c1-8(2)10-6-5-7-11(9(3)4)12(10)13;2*1-10(2,3)8-6-4-5-7-9(8)11;1-10(2,3)9-7-5-4-6-8-9;/h5-9H,1-4H3;2*4-7,11H,1-3H3;1,4-8H,2-3H3;/q;;;;+2/p-2. The Balaban J connectivity index is 0.000000277. The molecule has 0 aliphatic rings. The van der Waals surface area contributed by atoms with E-state index in [9.17, 15) is 10.2 Å². The average molecular weight is 702 g/mol. The quantitative estimate of drug-likeness (QED) is 0.195. The minimum atomic E-state index is -0.553. The van der Waals surface area contributed by atoms with Crippen molar-refractivity contribution in [2.75, 3.05) is 0 Å². The second-order valence-corrected chi connectivity index (χ2v) is 16.5. The van der Waals surface area contributed by atoms with Gasteiger partial charge >= 0.3 is 156 Å². The summed E-state index contributed by atoms with van der Waals surface area (Å²) < 4.78 is 7.59. The summed E-state index contributed by atoms with van der Waals surface area (Å²) in [5, 5.41) is 22.5. The molecule has 3 nitrogen and oxygen atoms in total. The molecule has 0 N–H and O–H groups in total. The number of para-hydroxylation sites is 2. The summed E-state index contributed by atoms with van der Waals surface area (Å²) in [6.07, 6.45) is 0. The molecule has 0 saturated heterocycles. The molecule has 4 aromatic rings. The van der Waals surface area contributed by atoms with Crippen molar-refractivity contribution in [3.05, 3.63) is 125 Å². The maximum absolute atomic E-state index is 11.3. The fourth-order valence-electron chi connectivity index (χ4n) is 4.94. The number of hydrogen-bond donors (Lipinski definition) is 0. The van der Waals surface area contributed by atoms with Crippen molar-refractivity contribution < 1.29 is 28.1 Å². The van der Waals surface area contributed by atoms with Gasteiger partial charge in [0, 0.05) is 0 Å². The number of benzene rings is 4. The summed E-state index contributed by atoms with van der Waals surface area (Å²) in [7, 11) is 0. The third-order valence-corrected chi connectivity index (χ3v) is 10.2. The van der Waals surface area contributed by atoms with Crippen LogP contribution in [0.4, 0.5) is 5.69 Å². The van der Waals surface area contributed by atoms with E-state index in [-0.39, 0.29) is 27.7 Å². The summed E-state index contributed by atoms with van der Waals surface area (Å²) in [6, 6.07) is 31.8. The van der Waals surface area contributed by atoms with Crippen LogP contribution < -0.4 is 10.2 Å². The summed E-state index contributed by atoms with van der Waals surface area (Å²) in [4.78, 5) is 0. The normalized spacial score (nSPS) is 11.5. The average Bonchev–Trinajstić information content (AvgIpc) is 2.97. The van der Waals surface area contributed by atoms with Crippen molar-refractivity contribution in [1.29, 1.82) is 0 Å². The predicted molar refractivity (Wildman–Crippen MR) is 191 cm³/mol. The molecule has 0 unspecified atom stereocenters. The Morgan fingerprint density at radius 3 is 1.28 bits per heavy atom. The van der Waals surface area contributed by atoms with Crippen molar-refractivity contribution in [1.82, 2.24) is 0 Å². The van der Waals surface area contributed by atoms with Gasteiger partial charge in [-0.1, -0.05) is 101 Å². The van der Waals surface area contributed by atoms with E-state index in [1.807, 2.05) is 65.8 Å². The van der Waals surface area contributed by atoms with Crippen molar-refractivity contribution in [3.63, 3.8) is 0 Å². The molecule has 0 atom stereocenters. The summed E-state index contributed by atoms with van der Waals surface area (Å²) in [6.45, 7) is 25.9. The zero-order chi connectivity index (χ0) is 34.7. The molecule has 0 aliphatic heterocycles. The molecular weight excluding hydrogens is 646 g/mol. The molecule has 0 bridgehead atoms. The molecule has 0 aromatic heterocycles. The Morgan fingerprint density at radius 1 is 0.543 bits per heavy atom. The first-order chi connectivity index (χ1) is 21.4. The third-order valence-electron chi connectivity index (χ3n) is 7.74. The van der Waals surface area contributed by atoms with E-state index >= 15 is 0 Å². The Kier molecular flexibility index (Phi) is 14.5. The van der Waals surface area contributed by atoms with Crippen LogP contribution in [0.1, 0.15) is 123 Å². The minimum absolute atomic E-state index is 0.0294. The van der Waals surface area contributed by atoms with Crippen molar-refractivity contribution in [2.24, 2.45) is 3.50 Å². The Bertz CT molecular complexity index is 1500. The molecule has 0 radical (unpaired) electrons. The van der Waals surface area contributed by atoms with Gasteiger partial charge in [0.15, 0.2) is 0 Å². The van der Waals surface area contributed by atoms with Gasteiger partial charge < -0.3 is 10.2 Å². The van der Waals surface area contributed by atoms with Gasteiger partial charge in [-0.25, -0.2) is 0 Å². The molecule has 4 rings (SSSR count). The Morgan fingerprint density at radius 2 is 0.935 bits per heavy atom. The molecule has 0 amide bonds. The van der Waals surface area contributed by atoms with Crippen LogP contribution in [0.15, 0.2) is 101 Å². The molecule has 4 aromatic carbocycles. The number of hydrogen-bond acceptors (Lipinski definition) is 3. The van der Waals surface area contributed by atoms with E-state index in [0.29, 0.717) is 11.8 Å². The van der Waals surface area contributed by atoms with Crippen LogP contribution in [-0.4, -0.2) is 4.40 Å². The van der Waals surface area contributed by atoms with Gasteiger partial charge in [-0.15, -0.1) is 11.5 Å². The number of rotatable bonds is 5. The van der Waals surface area contributed by atoms with Crippen molar-refractivity contribution in [2.45, 2.75) is 111 Å². The zero-order valence-corrected chi connectivity index (χ0v) is 32.1. The molecule has 4 heteroatoms. The van der Waals surface area contributed by atoms with Gasteiger partial charge in [-0.3, -0.25) is 0 Å². The van der Waals surface area contributed by atoms with Gasteiger partial charge in [0.05, 0.1) is 0 Å². The monoisotopic (exact) mass is 703 g/mol. The molecule has 246 valence electrons. The van der Waals surface area contributed by atoms with E-state index in [0.717, 1.165) is 11.1 Å². The molecule has 0 heterocycles. The van der Waals surface area contributed by atoms with Crippen LogP contribution in [0.3, 0.4) is 0 Å². The summed E-state index contributed by atoms with van der Waals surface area (Å²) in [5.41, 5.74) is 7.19. The van der Waals surface area contributed by atoms with Gasteiger partial charge in [-0.2, -0.15) is 0 Å². The van der Waals surface area contributed by atoms with E-state index in [4.69, 9.17) is 3.50 Å². The zero-order valence-electron chi connectivity index (χ0n) is 30.1. The van der Waals surface area contributed by atoms with Gasteiger partial charge in [0.1, 0.15) is 0 Å². The maximum atomic E-state index is 11.3. The van der Waals surface area contributed by atoms with Crippen LogP contribution in [-0.2, 0) is 34.2 Å². The van der Waals surface area contributed by atoms with Crippen molar-refractivity contribution in [3.8, 4) is 11.5 Å². The molecule has 0 saturated carbocycles. The SMILES string of the molecule is CC(C)(C)c1ccccc1[O-].CC(C)(C)c1ccccc1[O-].CC(C)c1cccc(C(C)C)c1[N]=[Mo+2]=[CH]C(C)(C)c1ccccc1. The van der Waals surface area contributed by atoms with E-state index in [2.05, 4.69) is 94.5 Å². The van der Waals surface area contributed by atoms with E-state index in [1.54, 1.807) is 24.3 Å². The van der Waals surface area contributed by atoms with E-state index in [1.165, 1.54) is 22.4 Å². The van der Waals surface area contributed by atoms with Crippen LogP contribution in [0.25, 0.3) is 0 Å². The number of nitrogens with zero attached hydrogens (tertiary/aromatic N) is 1. The molecule has 0 spiro atoms. The fraction of sp³-hybridized carbons (Fsp3) is 0.405. The first kappa shape index (κ1) is 39.0. The first-order valence-electron chi connectivity index (χ1n) is 16.3. The topological polar surface area (TPSA) is 58.5 Å². The Labute approximate surface area is 288 Å². The van der Waals surface area contributed by atoms with Crippen LogP contribution in [0.2, 0.25) is 0 Å². The molecular formula is C42H55MoNO2. The van der Waals surface area contributed by atoms with E-state index < -0.39 is 17.9 Å². The van der Waals surface area contributed by atoms with Gasteiger partial charge in [0.25, 0.3) is 0 Å². The molecule has 0 aliphatic carbocycles. The van der Waals surface area contributed by atoms with Gasteiger partial charge in [-0.05, 0) is 10.8 Å². The van der Waals surface area contributed by atoms with Crippen molar-refractivity contribution >= 4 is 10.1 Å². The fourth-order valence-corrected chi connectivity index (χ4v) is 6.83. The van der Waals surface area contributed by atoms with Crippen LogP contribution in [0, 0.1) is 0 Å². The molecule has 46 heavy (non-hydrogen) atoms. The summed E-state index contributed by atoms with van der Waals surface area (Å²) >= 11 is -0.553. The first-order valence-corrected chi connectivity index (χ1v) is 18.3. The summed E-state index contributed by atoms with van der Waals surface area (Å²) in [5.74, 6) is 1.30. The van der Waals surface area contributed by atoms with Crippen LogP contribution in [0.5, 0.6) is 11.5 Å². The van der Waals surface area contributed by atoms with Gasteiger partial charge in [0.2, 0.25) is 0 Å². The predicted octanol–water partition coefficient (Wildman–Crippen LogP) is 10.7. The molecule has 0 fully saturated rings. The Hall–Kier alpha value is -3.16. The second-order valence-electron chi connectivity index (χ2n) is 15.0. The third kappa shape index (κ3) is 11.9.